The van der Waals surface area contributed by atoms with Gasteiger partial charge in [0.25, 0.3) is 0 Å². The predicted molar refractivity (Wildman–Crippen MR) is 83.4 cm³/mol. The van der Waals surface area contributed by atoms with Gasteiger partial charge in [-0.15, -0.1) is 11.3 Å². The van der Waals surface area contributed by atoms with E-state index in [0.29, 0.717) is 0 Å². The van der Waals surface area contributed by atoms with Crippen LogP contribution in [0.3, 0.4) is 0 Å². The molecule has 3 heteroatoms. The molecule has 0 N–H and O–H groups in total. The lowest BCUT2D eigenvalue weighted by Crippen LogP contribution is -2.35. The SMILES string of the molecule is Cc1ccc2scc(N3CCC(C)CC3)c(=O)c2c1. The minimum Gasteiger partial charge on any atom is -0.368 e. The van der Waals surface area contributed by atoms with Crippen molar-refractivity contribution in [2.24, 2.45) is 5.92 Å². The summed E-state index contributed by atoms with van der Waals surface area (Å²) in [4.78, 5) is 14.9. The summed E-state index contributed by atoms with van der Waals surface area (Å²) in [6.07, 6.45) is 2.38. The van der Waals surface area contributed by atoms with Crippen LogP contribution in [0, 0.1) is 12.8 Å². The van der Waals surface area contributed by atoms with Crippen LogP contribution in [0.1, 0.15) is 25.3 Å². The van der Waals surface area contributed by atoms with E-state index in [4.69, 9.17) is 0 Å². The molecule has 0 bridgehead atoms. The first-order chi connectivity index (χ1) is 9.15. The number of hydrogen-bond donors (Lipinski definition) is 0. The minimum absolute atomic E-state index is 0.201. The van der Waals surface area contributed by atoms with E-state index >= 15 is 0 Å². The van der Waals surface area contributed by atoms with Crippen LogP contribution in [0.15, 0.2) is 28.4 Å². The van der Waals surface area contributed by atoms with Gasteiger partial charge in [0.05, 0.1) is 5.69 Å². The fourth-order valence-corrected chi connectivity index (χ4v) is 3.62. The highest BCUT2D eigenvalue weighted by Crippen LogP contribution is 2.25. The maximum absolute atomic E-state index is 12.6. The summed E-state index contributed by atoms with van der Waals surface area (Å²) in [5.41, 5.74) is 2.25. The van der Waals surface area contributed by atoms with Gasteiger partial charge in [-0.05, 0) is 37.8 Å². The van der Waals surface area contributed by atoms with Crippen molar-refractivity contribution in [3.63, 3.8) is 0 Å². The van der Waals surface area contributed by atoms with Gasteiger partial charge in [-0.3, -0.25) is 4.79 Å². The molecule has 0 spiro atoms. The molecule has 0 amide bonds. The van der Waals surface area contributed by atoms with Crippen molar-refractivity contribution < 1.29 is 0 Å². The first-order valence-electron chi connectivity index (χ1n) is 6.92. The fourth-order valence-electron chi connectivity index (χ4n) is 2.70. The maximum Gasteiger partial charge on any atom is 0.211 e. The summed E-state index contributed by atoms with van der Waals surface area (Å²) in [6.45, 7) is 6.36. The fraction of sp³-hybridized carbons (Fsp3) is 0.438. The predicted octanol–water partition coefficient (Wildman–Crippen LogP) is 3.81. The zero-order chi connectivity index (χ0) is 13.4. The van der Waals surface area contributed by atoms with E-state index in [2.05, 4.69) is 24.0 Å². The third-order valence-electron chi connectivity index (χ3n) is 4.03. The first-order valence-corrected chi connectivity index (χ1v) is 7.80. The normalized spacial score (nSPS) is 17.1. The lowest BCUT2D eigenvalue weighted by Gasteiger charge is -2.31. The van der Waals surface area contributed by atoms with Crippen molar-refractivity contribution >= 4 is 27.1 Å². The van der Waals surface area contributed by atoms with E-state index in [1.165, 1.54) is 12.8 Å². The second-order valence-corrected chi connectivity index (χ2v) is 6.53. The number of fused-ring (bicyclic) bond motifs is 1. The summed E-state index contributed by atoms with van der Waals surface area (Å²) in [6, 6.07) is 6.14. The Hall–Kier alpha value is -1.35. The van der Waals surface area contributed by atoms with Crippen LogP contribution in [0.5, 0.6) is 0 Å². The molecule has 0 unspecified atom stereocenters. The van der Waals surface area contributed by atoms with Crippen molar-refractivity contribution in [3.8, 4) is 0 Å². The van der Waals surface area contributed by atoms with Crippen LogP contribution in [0.2, 0.25) is 0 Å². The topological polar surface area (TPSA) is 20.3 Å². The Morgan fingerprint density at radius 3 is 2.74 bits per heavy atom. The Bertz CT molecular complexity index is 653. The zero-order valence-corrected chi connectivity index (χ0v) is 12.3. The molecule has 2 nitrogen and oxygen atoms in total. The Kier molecular flexibility index (Phi) is 3.31. The quantitative estimate of drug-likeness (QED) is 0.787. The van der Waals surface area contributed by atoms with Crippen molar-refractivity contribution in [3.05, 3.63) is 39.4 Å². The highest BCUT2D eigenvalue weighted by atomic mass is 32.1. The molecule has 19 heavy (non-hydrogen) atoms. The molecular weight excluding hydrogens is 254 g/mol. The third-order valence-corrected chi connectivity index (χ3v) is 4.99. The highest BCUT2D eigenvalue weighted by molar-refractivity contribution is 7.16. The van der Waals surface area contributed by atoms with Gasteiger partial charge in [-0.1, -0.05) is 18.6 Å². The minimum atomic E-state index is 0.201. The molecule has 1 aromatic carbocycles. The zero-order valence-electron chi connectivity index (χ0n) is 11.5. The summed E-state index contributed by atoms with van der Waals surface area (Å²) in [7, 11) is 0. The van der Waals surface area contributed by atoms with E-state index in [1.807, 2.05) is 18.4 Å². The van der Waals surface area contributed by atoms with Gasteiger partial charge >= 0.3 is 0 Å². The number of anilines is 1. The van der Waals surface area contributed by atoms with E-state index in [-0.39, 0.29) is 5.43 Å². The number of piperidine rings is 1. The van der Waals surface area contributed by atoms with Crippen molar-refractivity contribution in [1.29, 1.82) is 0 Å². The van der Waals surface area contributed by atoms with Crippen LogP contribution in [0.4, 0.5) is 5.69 Å². The molecular formula is C16H19NOS. The second-order valence-electron chi connectivity index (χ2n) is 5.62. The molecule has 0 atom stereocenters. The van der Waals surface area contributed by atoms with Crippen LogP contribution >= 0.6 is 11.3 Å². The lowest BCUT2D eigenvalue weighted by atomic mass is 9.99. The lowest BCUT2D eigenvalue weighted by molar-refractivity contribution is 0.438. The van der Waals surface area contributed by atoms with Crippen LogP contribution < -0.4 is 10.3 Å². The van der Waals surface area contributed by atoms with Gasteiger partial charge in [-0.25, -0.2) is 0 Å². The number of aryl methyl sites for hydroxylation is 1. The average Bonchev–Trinajstić information content (AvgIpc) is 2.41. The Balaban J connectivity index is 2.05. The van der Waals surface area contributed by atoms with Gasteiger partial charge in [0, 0.05) is 28.6 Å². The highest BCUT2D eigenvalue weighted by Gasteiger charge is 2.19. The maximum atomic E-state index is 12.6. The summed E-state index contributed by atoms with van der Waals surface area (Å²) in [5, 5.41) is 2.91. The second kappa shape index (κ2) is 4.97. The largest absolute Gasteiger partial charge is 0.368 e. The Morgan fingerprint density at radius 1 is 1.26 bits per heavy atom. The number of rotatable bonds is 1. The molecule has 1 aromatic heterocycles. The Morgan fingerprint density at radius 2 is 2.00 bits per heavy atom. The van der Waals surface area contributed by atoms with E-state index < -0.39 is 0 Å². The molecule has 3 rings (SSSR count). The molecule has 1 fully saturated rings. The summed E-state index contributed by atoms with van der Waals surface area (Å²) in [5.74, 6) is 0.790. The number of nitrogens with zero attached hydrogens (tertiary/aromatic N) is 1. The van der Waals surface area contributed by atoms with Gasteiger partial charge < -0.3 is 4.90 Å². The molecule has 1 saturated heterocycles. The molecule has 2 aromatic rings. The smallest absolute Gasteiger partial charge is 0.211 e. The molecule has 0 aliphatic carbocycles. The number of benzene rings is 1. The van der Waals surface area contributed by atoms with E-state index in [0.717, 1.165) is 40.3 Å². The monoisotopic (exact) mass is 273 g/mol. The molecule has 0 saturated carbocycles. The molecule has 1 aliphatic rings. The van der Waals surface area contributed by atoms with Gasteiger partial charge in [0.15, 0.2) is 0 Å². The standard InChI is InChI=1S/C16H19NOS/c1-11-5-7-17(8-6-11)14-10-19-15-4-3-12(2)9-13(15)16(14)18/h3-4,9-11H,5-8H2,1-2H3. The van der Waals surface area contributed by atoms with E-state index in [1.54, 1.807) is 11.3 Å². The van der Waals surface area contributed by atoms with Crippen LogP contribution in [-0.2, 0) is 0 Å². The molecule has 0 radical (unpaired) electrons. The van der Waals surface area contributed by atoms with Crippen molar-refractivity contribution in [1.82, 2.24) is 0 Å². The van der Waals surface area contributed by atoms with Crippen molar-refractivity contribution in [2.45, 2.75) is 26.7 Å². The summed E-state index contributed by atoms with van der Waals surface area (Å²) < 4.78 is 1.09. The van der Waals surface area contributed by atoms with Crippen LogP contribution in [0.25, 0.3) is 10.1 Å². The van der Waals surface area contributed by atoms with E-state index in [9.17, 15) is 4.79 Å². The van der Waals surface area contributed by atoms with Crippen LogP contribution in [-0.4, -0.2) is 13.1 Å². The van der Waals surface area contributed by atoms with Gasteiger partial charge in [0.1, 0.15) is 0 Å². The van der Waals surface area contributed by atoms with Gasteiger partial charge in [0.2, 0.25) is 5.43 Å². The number of hydrogen-bond acceptors (Lipinski definition) is 3. The molecule has 2 heterocycles. The Labute approximate surface area is 117 Å². The average molecular weight is 273 g/mol. The summed E-state index contributed by atoms with van der Waals surface area (Å²) >= 11 is 1.68. The molecule has 1 aliphatic heterocycles. The van der Waals surface area contributed by atoms with Crippen molar-refractivity contribution in [2.75, 3.05) is 18.0 Å². The van der Waals surface area contributed by atoms with Gasteiger partial charge in [-0.2, -0.15) is 0 Å². The third kappa shape index (κ3) is 2.39. The molecule has 100 valence electrons. The first kappa shape index (κ1) is 12.7.